The van der Waals surface area contributed by atoms with Crippen LogP contribution in [0.5, 0.6) is 0 Å². The molecule has 0 fully saturated rings. The summed E-state index contributed by atoms with van der Waals surface area (Å²) in [5.41, 5.74) is -0.385. The highest BCUT2D eigenvalue weighted by Crippen LogP contribution is 2.26. The van der Waals surface area contributed by atoms with Crippen molar-refractivity contribution in [2.24, 2.45) is 7.05 Å². The zero-order chi connectivity index (χ0) is 19.9. The second-order valence-electron chi connectivity index (χ2n) is 6.12. The molecular weight excluding hydrogens is 352 g/mol. The summed E-state index contributed by atoms with van der Waals surface area (Å²) in [4.78, 5) is 48.5. The van der Waals surface area contributed by atoms with Gasteiger partial charge in [0.25, 0.3) is 0 Å². The summed E-state index contributed by atoms with van der Waals surface area (Å²) in [5, 5.41) is 18.5. The highest BCUT2D eigenvalue weighted by atomic mass is 16.4. The Morgan fingerprint density at radius 1 is 1.04 bits per heavy atom. The third-order valence-electron chi connectivity index (χ3n) is 4.42. The number of aliphatic carboxylic acids is 1. The summed E-state index contributed by atoms with van der Waals surface area (Å²) >= 11 is 0. The molecule has 3 rings (SSSR count). The highest BCUT2D eigenvalue weighted by molar-refractivity contribution is 6.17. The van der Waals surface area contributed by atoms with Crippen LogP contribution >= 0.6 is 0 Å². The zero-order valence-corrected chi connectivity index (χ0v) is 14.6. The molecule has 2 aromatic heterocycles. The van der Waals surface area contributed by atoms with Crippen LogP contribution in [0.25, 0.3) is 11.0 Å². The van der Waals surface area contributed by atoms with E-state index in [-0.39, 0.29) is 28.1 Å². The van der Waals surface area contributed by atoms with E-state index in [2.05, 4.69) is 0 Å². The SMILES string of the molecule is Cc1c(C(=O)c2ccccc2)c2c(c(=O)c(C(=O)O)cn2C)n1CC(=O)O. The van der Waals surface area contributed by atoms with Gasteiger partial charge in [-0.25, -0.2) is 4.79 Å². The van der Waals surface area contributed by atoms with E-state index in [0.717, 1.165) is 6.20 Å². The predicted octanol–water partition coefficient (Wildman–Crippen LogP) is 1.66. The number of fused-ring (bicyclic) bond motifs is 1. The maximum absolute atomic E-state index is 13.1. The van der Waals surface area contributed by atoms with E-state index in [1.54, 1.807) is 37.3 Å². The maximum atomic E-state index is 13.1. The molecule has 0 aliphatic heterocycles. The minimum Gasteiger partial charge on any atom is -0.480 e. The topological polar surface area (TPSA) is 119 Å². The van der Waals surface area contributed by atoms with Gasteiger partial charge in [0.15, 0.2) is 5.78 Å². The molecular formula is C19H16N2O6. The Balaban J connectivity index is 2.45. The Labute approximate surface area is 152 Å². The van der Waals surface area contributed by atoms with Crippen LogP contribution in [0.4, 0.5) is 0 Å². The van der Waals surface area contributed by atoms with Gasteiger partial charge in [0.2, 0.25) is 5.43 Å². The molecule has 1 aromatic carbocycles. The fourth-order valence-corrected chi connectivity index (χ4v) is 3.23. The molecule has 138 valence electrons. The Morgan fingerprint density at radius 3 is 2.22 bits per heavy atom. The van der Waals surface area contributed by atoms with Gasteiger partial charge >= 0.3 is 11.9 Å². The van der Waals surface area contributed by atoms with Crippen LogP contribution in [0.15, 0.2) is 41.3 Å². The quantitative estimate of drug-likeness (QED) is 0.661. The molecule has 0 aliphatic rings. The van der Waals surface area contributed by atoms with Crippen molar-refractivity contribution in [3.63, 3.8) is 0 Å². The van der Waals surface area contributed by atoms with E-state index in [1.165, 1.54) is 16.2 Å². The van der Waals surface area contributed by atoms with Crippen molar-refractivity contribution >= 4 is 28.8 Å². The first-order valence-electron chi connectivity index (χ1n) is 8.01. The zero-order valence-electron chi connectivity index (χ0n) is 14.6. The van der Waals surface area contributed by atoms with Gasteiger partial charge in [0, 0.05) is 24.5 Å². The molecule has 0 radical (unpaired) electrons. The number of carbonyl (C=O) groups is 3. The van der Waals surface area contributed by atoms with Crippen LogP contribution < -0.4 is 5.43 Å². The van der Waals surface area contributed by atoms with Gasteiger partial charge in [0.05, 0.1) is 11.1 Å². The molecule has 0 aliphatic carbocycles. The second kappa shape index (κ2) is 6.56. The summed E-state index contributed by atoms with van der Waals surface area (Å²) in [5.74, 6) is -3.01. The normalized spacial score (nSPS) is 10.9. The van der Waals surface area contributed by atoms with E-state index >= 15 is 0 Å². The third kappa shape index (κ3) is 2.91. The number of ketones is 1. The molecule has 0 saturated heterocycles. The lowest BCUT2D eigenvalue weighted by Crippen LogP contribution is -2.21. The first-order chi connectivity index (χ1) is 12.7. The van der Waals surface area contributed by atoms with E-state index < -0.39 is 29.5 Å². The lowest BCUT2D eigenvalue weighted by atomic mass is 10.0. The van der Waals surface area contributed by atoms with Crippen LogP contribution in [0.3, 0.4) is 0 Å². The third-order valence-corrected chi connectivity index (χ3v) is 4.42. The van der Waals surface area contributed by atoms with E-state index in [0.29, 0.717) is 5.56 Å². The Hall–Kier alpha value is -3.68. The lowest BCUT2D eigenvalue weighted by molar-refractivity contribution is -0.137. The minimum atomic E-state index is -1.42. The number of carboxylic acid groups (broad SMARTS) is 2. The van der Waals surface area contributed by atoms with Crippen molar-refractivity contribution in [3.8, 4) is 0 Å². The van der Waals surface area contributed by atoms with Crippen molar-refractivity contribution in [2.45, 2.75) is 13.5 Å². The van der Waals surface area contributed by atoms with Gasteiger partial charge < -0.3 is 19.3 Å². The van der Waals surface area contributed by atoms with Gasteiger partial charge in [-0.3, -0.25) is 14.4 Å². The number of aromatic nitrogens is 2. The van der Waals surface area contributed by atoms with Crippen molar-refractivity contribution < 1.29 is 24.6 Å². The highest BCUT2D eigenvalue weighted by Gasteiger charge is 2.27. The van der Waals surface area contributed by atoms with E-state index in [1.807, 2.05) is 0 Å². The number of nitrogens with zero attached hydrogens (tertiary/aromatic N) is 2. The van der Waals surface area contributed by atoms with Crippen LogP contribution in [0.1, 0.15) is 32.0 Å². The van der Waals surface area contributed by atoms with Gasteiger partial charge in [0.1, 0.15) is 17.6 Å². The molecule has 27 heavy (non-hydrogen) atoms. The van der Waals surface area contributed by atoms with Gasteiger partial charge in [-0.1, -0.05) is 30.3 Å². The summed E-state index contributed by atoms with van der Waals surface area (Å²) < 4.78 is 2.56. The van der Waals surface area contributed by atoms with Crippen molar-refractivity contribution in [1.29, 1.82) is 0 Å². The molecule has 0 atom stereocenters. The van der Waals surface area contributed by atoms with E-state index in [9.17, 15) is 29.4 Å². The maximum Gasteiger partial charge on any atom is 0.341 e. The standard InChI is InChI=1S/C19H16N2O6/c1-10-14(17(24)11-6-4-3-5-7-11)15-16(21(10)9-13(22)23)18(25)12(19(26)27)8-20(15)2/h3-8H,9H2,1-2H3,(H,22,23)(H,26,27). The number of pyridine rings is 1. The molecule has 8 nitrogen and oxygen atoms in total. The van der Waals surface area contributed by atoms with Gasteiger partial charge in [-0.15, -0.1) is 0 Å². The summed E-state index contributed by atoms with van der Waals surface area (Å²) in [6, 6.07) is 8.38. The average molecular weight is 368 g/mol. The molecule has 2 N–H and O–H groups in total. The smallest absolute Gasteiger partial charge is 0.341 e. The minimum absolute atomic E-state index is 0.114. The fourth-order valence-electron chi connectivity index (χ4n) is 3.23. The summed E-state index contributed by atoms with van der Waals surface area (Å²) in [6.45, 7) is 0.974. The van der Waals surface area contributed by atoms with Crippen molar-refractivity contribution in [2.75, 3.05) is 0 Å². The number of aromatic carboxylic acids is 1. The number of carboxylic acids is 2. The monoisotopic (exact) mass is 368 g/mol. The first kappa shape index (κ1) is 18.1. The largest absolute Gasteiger partial charge is 0.480 e. The molecule has 0 bridgehead atoms. The number of rotatable bonds is 5. The fraction of sp³-hybridized carbons (Fsp3) is 0.158. The van der Waals surface area contributed by atoms with Crippen molar-refractivity contribution in [1.82, 2.24) is 9.13 Å². The summed E-state index contributed by atoms with van der Waals surface area (Å²) in [6.07, 6.45) is 1.14. The van der Waals surface area contributed by atoms with Crippen LogP contribution in [-0.2, 0) is 18.4 Å². The molecule has 0 unspecified atom stereocenters. The second-order valence-corrected chi connectivity index (χ2v) is 6.12. The van der Waals surface area contributed by atoms with Gasteiger partial charge in [-0.05, 0) is 6.92 Å². The Bertz CT molecular complexity index is 1150. The van der Waals surface area contributed by atoms with Crippen molar-refractivity contribution in [3.05, 3.63) is 69.1 Å². The van der Waals surface area contributed by atoms with Crippen LogP contribution in [0.2, 0.25) is 0 Å². The van der Waals surface area contributed by atoms with E-state index in [4.69, 9.17) is 0 Å². The number of carbonyl (C=O) groups excluding carboxylic acids is 1. The molecule has 0 spiro atoms. The number of hydrogen-bond donors (Lipinski definition) is 2. The van der Waals surface area contributed by atoms with Gasteiger partial charge in [-0.2, -0.15) is 0 Å². The first-order valence-corrected chi connectivity index (χ1v) is 8.01. The molecule has 0 amide bonds. The molecule has 8 heteroatoms. The molecule has 3 aromatic rings. The molecule has 0 saturated carbocycles. The summed E-state index contributed by atoms with van der Waals surface area (Å²) in [7, 11) is 1.51. The number of hydrogen-bond acceptors (Lipinski definition) is 4. The Kier molecular flexibility index (Phi) is 4.40. The predicted molar refractivity (Wildman–Crippen MR) is 96.4 cm³/mol. The Morgan fingerprint density at radius 2 is 1.67 bits per heavy atom. The number of benzene rings is 1. The average Bonchev–Trinajstić information content (AvgIpc) is 2.91. The van der Waals surface area contributed by atoms with Crippen LogP contribution in [-0.4, -0.2) is 37.1 Å². The lowest BCUT2D eigenvalue weighted by Gasteiger charge is -2.07. The van der Waals surface area contributed by atoms with Crippen LogP contribution in [0, 0.1) is 6.92 Å². The number of aryl methyl sites for hydroxylation is 1. The molecule has 2 heterocycles.